The lowest BCUT2D eigenvalue weighted by molar-refractivity contribution is -0.125. The third-order valence-electron chi connectivity index (χ3n) is 4.89. The van der Waals surface area contributed by atoms with Crippen LogP contribution in [0.5, 0.6) is 0 Å². The van der Waals surface area contributed by atoms with Crippen molar-refractivity contribution in [2.75, 3.05) is 5.32 Å². The molecular formula is C22H21ClN4O2S. The highest BCUT2D eigenvalue weighted by molar-refractivity contribution is 8.15. The number of nitrogens with one attached hydrogen (secondary N) is 1. The summed E-state index contributed by atoms with van der Waals surface area (Å²) >= 11 is 7.14. The summed E-state index contributed by atoms with van der Waals surface area (Å²) in [5.41, 5.74) is 2.24. The van der Waals surface area contributed by atoms with Crippen LogP contribution in [0, 0.1) is 5.92 Å². The van der Waals surface area contributed by atoms with Crippen LogP contribution in [0.25, 0.3) is 0 Å². The Morgan fingerprint density at radius 1 is 1.13 bits per heavy atom. The van der Waals surface area contributed by atoms with Crippen molar-refractivity contribution >= 4 is 57.6 Å². The Morgan fingerprint density at radius 2 is 1.83 bits per heavy atom. The molecule has 0 unspecified atom stereocenters. The summed E-state index contributed by atoms with van der Waals surface area (Å²) in [5.74, 6) is 0.386. The number of carbonyl (C=O) groups is 2. The van der Waals surface area contributed by atoms with Crippen LogP contribution < -0.4 is 5.32 Å². The minimum Gasteiger partial charge on any atom is -0.325 e. The number of aliphatic imine (C=N–C) groups is 2. The van der Waals surface area contributed by atoms with Gasteiger partial charge in [-0.05, 0) is 49.2 Å². The predicted octanol–water partition coefficient (Wildman–Crippen LogP) is 4.71. The van der Waals surface area contributed by atoms with Crippen molar-refractivity contribution in [3.05, 3.63) is 59.1 Å². The Kier molecular flexibility index (Phi) is 5.66. The molecule has 0 radical (unpaired) electrons. The topological polar surface area (TPSA) is 74.1 Å². The molecule has 0 aliphatic carbocycles. The van der Waals surface area contributed by atoms with Gasteiger partial charge in [0, 0.05) is 16.3 Å². The Hall–Kier alpha value is -2.64. The Balaban J connectivity index is 1.59. The maximum Gasteiger partial charge on any atom is 0.259 e. The van der Waals surface area contributed by atoms with Gasteiger partial charge in [-0.1, -0.05) is 49.3 Å². The van der Waals surface area contributed by atoms with Gasteiger partial charge in [0.2, 0.25) is 5.91 Å². The molecular weight excluding hydrogens is 420 g/mol. The third kappa shape index (κ3) is 3.87. The van der Waals surface area contributed by atoms with Gasteiger partial charge in [-0.25, -0.2) is 9.89 Å². The number of fused-ring (bicyclic) bond motifs is 3. The van der Waals surface area contributed by atoms with E-state index in [9.17, 15) is 9.59 Å². The van der Waals surface area contributed by atoms with Crippen LogP contribution in [0.15, 0.2) is 58.5 Å². The van der Waals surface area contributed by atoms with Crippen molar-refractivity contribution in [1.82, 2.24) is 4.90 Å². The second-order valence-corrected chi connectivity index (χ2v) is 9.23. The van der Waals surface area contributed by atoms with Crippen LogP contribution >= 0.6 is 23.4 Å². The van der Waals surface area contributed by atoms with Gasteiger partial charge in [0.1, 0.15) is 11.9 Å². The normalized spacial score (nSPS) is 18.5. The van der Waals surface area contributed by atoms with Crippen molar-refractivity contribution in [3.63, 3.8) is 0 Å². The van der Waals surface area contributed by atoms with E-state index in [1.54, 1.807) is 36.1 Å². The van der Waals surface area contributed by atoms with Crippen LogP contribution in [0.4, 0.5) is 11.4 Å². The monoisotopic (exact) mass is 440 g/mol. The fourth-order valence-corrected chi connectivity index (χ4v) is 4.31. The molecule has 2 aliphatic rings. The van der Waals surface area contributed by atoms with Crippen LogP contribution in [0.2, 0.25) is 5.02 Å². The number of nitrogens with zero attached hydrogens (tertiary/aromatic N) is 3. The zero-order valence-corrected chi connectivity index (χ0v) is 18.4. The number of hydrogen-bond donors (Lipinski definition) is 1. The number of amidine groups is 2. The quantitative estimate of drug-likeness (QED) is 0.747. The Morgan fingerprint density at radius 3 is 2.53 bits per heavy atom. The number of thioether (sulfide) groups is 1. The predicted molar refractivity (Wildman–Crippen MR) is 123 cm³/mol. The molecule has 154 valence electrons. The van der Waals surface area contributed by atoms with Gasteiger partial charge < -0.3 is 5.32 Å². The number of benzene rings is 2. The number of amides is 2. The highest BCUT2D eigenvalue weighted by Crippen LogP contribution is 2.35. The molecule has 2 atom stereocenters. The second-order valence-electron chi connectivity index (χ2n) is 7.48. The SMILES string of the molecule is CC(C)[C@H]1N=C2c3ccccc3N=C(S[C@@H](C)C(=O)Nc3ccc(Cl)cc3)N2C1=O. The molecule has 0 saturated carbocycles. The highest BCUT2D eigenvalue weighted by atomic mass is 35.5. The third-order valence-corrected chi connectivity index (χ3v) is 6.20. The lowest BCUT2D eigenvalue weighted by Crippen LogP contribution is -2.43. The summed E-state index contributed by atoms with van der Waals surface area (Å²) in [7, 11) is 0. The average Bonchev–Trinajstić information content (AvgIpc) is 3.08. The Labute approximate surface area is 184 Å². The number of rotatable bonds is 4. The summed E-state index contributed by atoms with van der Waals surface area (Å²) in [5, 5.41) is 3.47. The zero-order valence-electron chi connectivity index (χ0n) is 16.8. The molecule has 2 heterocycles. The molecule has 30 heavy (non-hydrogen) atoms. The van der Waals surface area contributed by atoms with Gasteiger partial charge in [-0.3, -0.25) is 14.6 Å². The zero-order chi connectivity index (χ0) is 21.4. The van der Waals surface area contributed by atoms with Gasteiger partial charge in [-0.15, -0.1) is 0 Å². The van der Waals surface area contributed by atoms with Gasteiger partial charge in [0.05, 0.1) is 10.9 Å². The molecule has 6 nitrogen and oxygen atoms in total. The van der Waals surface area contributed by atoms with Crippen molar-refractivity contribution in [3.8, 4) is 0 Å². The number of para-hydroxylation sites is 1. The standard InChI is InChI=1S/C22H21ClN4O2S/c1-12(2)18-21(29)27-19(26-18)16-6-4-5-7-17(16)25-22(27)30-13(3)20(28)24-15-10-8-14(23)9-11-15/h4-13,18H,1-3H3,(H,24,28)/t13-,18+/m0/s1. The van der Waals surface area contributed by atoms with E-state index in [1.807, 2.05) is 38.1 Å². The molecule has 0 fully saturated rings. The first-order valence-electron chi connectivity index (χ1n) is 9.68. The summed E-state index contributed by atoms with van der Waals surface area (Å²) in [6.45, 7) is 5.74. The molecule has 0 spiro atoms. The number of hydrogen-bond acceptors (Lipinski definition) is 5. The van der Waals surface area contributed by atoms with E-state index in [4.69, 9.17) is 16.6 Å². The largest absolute Gasteiger partial charge is 0.325 e. The van der Waals surface area contributed by atoms with Crippen molar-refractivity contribution in [2.45, 2.75) is 32.1 Å². The van der Waals surface area contributed by atoms with Gasteiger partial charge in [-0.2, -0.15) is 0 Å². The maximum atomic E-state index is 13.1. The van der Waals surface area contributed by atoms with E-state index in [0.29, 0.717) is 21.7 Å². The van der Waals surface area contributed by atoms with Crippen LogP contribution in [0.1, 0.15) is 26.3 Å². The van der Waals surface area contributed by atoms with E-state index >= 15 is 0 Å². The fraction of sp³-hybridized carbons (Fsp3) is 0.273. The molecule has 2 aromatic carbocycles. The number of carbonyl (C=O) groups excluding carboxylic acids is 2. The van der Waals surface area contributed by atoms with Gasteiger partial charge >= 0.3 is 0 Å². The van der Waals surface area contributed by atoms with Crippen LogP contribution in [-0.2, 0) is 9.59 Å². The highest BCUT2D eigenvalue weighted by Gasteiger charge is 2.43. The minimum absolute atomic E-state index is 0.0691. The summed E-state index contributed by atoms with van der Waals surface area (Å²) in [4.78, 5) is 36.7. The molecule has 2 aliphatic heterocycles. The van der Waals surface area contributed by atoms with Gasteiger partial charge in [0.25, 0.3) is 5.91 Å². The van der Waals surface area contributed by atoms with Crippen LogP contribution in [0.3, 0.4) is 0 Å². The number of anilines is 1. The van der Waals surface area contributed by atoms with E-state index in [-0.39, 0.29) is 17.7 Å². The van der Waals surface area contributed by atoms with Crippen molar-refractivity contribution < 1.29 is 9.59 Å². The summed E-state index contributed by atoms with van der Waals surface area (Å²) < 4.78 is 0. The summed E-state index contributed by atoms with van der Waals surface area (Å²) in [6, 6.07) is 14.1. The molecule has 2 aromatic rings. The lowest BCUT2D eigenvalue weighted by atomic mass is 10.1. The number of halogens is 1. The lowest BCUT2D eigenvalue weighted by Gasteiger charge is -2.27. The smallest absolute Gasteiger partial charge is 0.259 e. The van der Waals surface area contributed by atoms with Crippen molar-refractivity contribution in [1.29, 1.82) is 0 Å². The molecule has 0 aromatic heterocycles. The van der Waals surface area contributed by atoms with Crippen molar-refractivity contribution in [2.24, 2.45) is 15.9 Å². The van der Waals surface area contributed by atoms with Gasteiger partial charge in [0.15, 0.2) is 5.17 Å². The van der Waals surface area contributed by atoms with E-state index in [1.165, 1.54) is 11.8 Å². The molecule has 8 heteroatoms. The fourth-order valence-electron chi connectivity index (χ4n) is 3.27. The average molecular weight is 441 g/mol. The molecule has 0 bridgehead atoms. The summed E-state index contributed by atoms with van der Waals surface area (Å²) in [6.07, 6.45) is 0. The molecule has 1 N–H and O–H groups in total. The van der Waals surface area contributed by atoms with E-state index in [0.717, 1.165) is 11.3 Å². The molecule has 2 amide bonds. The van der Waals surface area contributed by atoms with E-state index in [2.05, 4.69) is 10.3 Å². The second kappa shape index (κ2) is 8.24. The first kappa shape index (κ1) is 20.6. The molecule has 4 rings (SSSR count). The Bertz CT molecular complexity index is 1070. The minimum atomic E-state index is -0.475. The first-order chi connectivity index (χ1) is 14.3. The van der Waals surface area contributed by atoms with E-state index < -0.39 is 11.3 Å². The maximum absolute atomic E-state index is 13.1. The van der Waals surface area contributed by atoms with Crippen LogP contribution in [-0.4, -0.2) is 39.0 Å². The molecule has 0 saturated heterocycles. The first-order valence-corrected chi connectivity index (χ1v) is 10.9.